The van der Waals surface area contributed by atoms with E-state index in [0.29, 0.717) is 34.9 Å². The van der Waals surface area contributed by atoms with Crippen LogP contribution in [0.15, 0.2) is 48.5 Å². The molecule has 3 rings (SSSR count). The SMILES string of the molecule is COC(=O)CNC(=O)CC(CC(C)C)NC(=O)c1cc(-c2c(OC)cccc2OC)n(-c2ccc(F)cc2)n1. The molecule has 0 fully saturated rings. The van der Waals surface area contributed by atoms with Crippen LogP contribution in [0.1, 0.15) is 37.2 Å². The molecule has 39 heavy (non-hydrogen) atoms. The predicted octanol–water partition coefficient (Wildman–Crippen LogP) is 3.52. The van der Waals surface area contributed by atoms with Crippen LogP contribution in [0.25, 0.3) is 16.9 Å². The number of carbonyl (C=O) groups is 3. The van der Waals surface area contributed by atoms with Gasteiger partial charge in [0, 0.05) is 12.5 Å². The van der Waals surface area contributed by atoms with Crippen molar-refractivity contribution in [3.63, 3.8) is 0 Å². The van der Waals surface area contributed by atoms with Crippen molar-refractivity contribution in [2.75, 3.05) is 27.9 Å². The number of nitrogens with one attached hydrogen (secondary N) is 2. The topological polar surface area (TPSA) is 121 Å². The number of aromatic nitrogens is 2. The van der Waals surface area contributed by atoms with Gasteiger partial charge in [-0.2, -0.15) is 5.10 Å². The Balaban J connectivity index is 1.98. The fraction of sp³-hybridized carbons (Fsp3) is 0.357. The lowest BCUT2D eigenvalue weighted by Gasteiger charge is -2.19. The Hall–Kier alpha value is -4.41. The lowest BCUT2D eigenvalue weighted by molar-refractivity contribution is -0.141. The number of halogens is 1. The minimum absolute atomic E-state index is 0.0349. The maximum Gasteiger partial charge on any atom is 0.325 e. The van der Waals surface area contributed by atoms with E-state index in [1.807, 2.05) is 13.8 Å². The van der Waals surface area contributed by atoms with E-state index in [-0.39, 0.29) is 24.6 Å². The summed E-state index contributed by atoms with van der Waals surface area (Å²) in [5.41, 5.74) is 1.63. The third-order valence-corrected chi connectivity index (χ3v) is 5.88. The molecular formula is C28H33FN4O6. The molecule has 0 saturated carbocycles. The van der Waals surface area contributed by atoms with Gasteiger partial charge in [-0.05, 0) is 54.8 Å². The van der Waals surface area contributed by atoms with Crippen LogP contribution >= 0.6 is 0 Å². The summed E-state index contributed by atoms with van der Waals surface area (Å²) in [4.78, 5) is 37.2. The molecule has 1 unspecified atom stereocenters. The van der Waals surface area contributed by atoms with Gasteiger partial charge < -0.3 is 24.8 Å². The highest BCUT2D eigenvalue weighted by Gasteiger charge is 2.25. The number of esters is 1. The molecule has 0 aliphatic carbocycles. The van der Waals surface area contributed by atoms with Crippen LogP contribution in [0, 0.1) is 11.7 Å². The summed E-state index contributed by atoms with van der Waals surface area (Å²) in [6, 6.07) is 12.0. The summed E-state index contributed by atoms with van der Waals surface area (Å²) in [5.74, 6) is -0.733. The zero-order valence-corrected chi connectivity index (χ0v) is 22.6. The normalized spacial score (nSPS) is 11.6. The molecule has 11 heteroatoms. The smallest absolute Gasteiger partial charge is 0.325 e. The number of hydrogen-bond acceptors (Lipinski definition) is 7. The van der Waals surface area contributed by atoms with Gasteiger partial charge in [-0.25, -0.2) is 9.07 Å². The summed E-state index contributed by atoms with van der Waals surface area (Å²) < 4.78 is 30.9. The lowest BCUT2D eigenvalue weighted by atomic mass is 10.0. The molecule has 0 aliphatic heterocycles. The van der Waals surface area contributed by atoms with E-state index < -0.39 is 29.6 Å². The number of carbonyl (C=O) groups excluding carboxylic acids is 3. The molecule has 208 valence electrons. The molecule has 0 bridgehead atoms. The molecule has 0 radical (unpaired) electrons. The van der Waals surface area contributed by atoms with Gasteiger partial charge in [0.05, 0.1) is 38.3 Å². The summed E-state index contributed by atoms with van der Waals surface area (Å²) in [5, 5.41) is 9.91. The fourth-order valence-corrected chi connectivity index (χ4v) is 4.11. The fourth-order valence-electron chi connectivity index (χ4n) is 4.11. The molecule has 1 aromatic heterocycles. The Kier molecular flexibility index (Phi) is 10.0. The maximum atomic E-state index is 13.7. The van der Waals surface area contributed by atoms with Crippen molar-refractivity contribution in [3.8, 4) is 28.4 Å². The second kappa shape index (κ2) is 13.4. The van der Waals surface area contributed by atoms with Crippen molar-refractivity contribution in [2.24, 2.45) is 5.92 Å². The van der Waals surface area contributed by atoms with Crippen molar-refractivity contribution >= 4 is 17.8 Å². The van der Waals surface area contributed by atoms with Gasteiger partial charge in [-0.3, -0.25) is 14.4 Å². The minimum Gasteiger partial charge on any atom is -0.496 e. The summed E-state index contributed by atoms with van der Waals surface area (Å²) in [7, 11) is 4.27. The van der Waals surface area contributed by atoms with E-state index in [1.165, 1.54) is 38.1 Å². The molecule has 1 heterocycles. The molecule has 2 amide bonds. The van der Waals surface area contributed by atoms with E-state index >= 15 is 0 Å². The van der Waals surface area contributed by atoms with Gasteiger partial charge in [-0.15, -0.1) is 0 Å². The van der Waals surface area contributed by atoms with Crippen LogP contribution in [0.5, 0.6) is 11.5 Å². The van der Waals surface area contributed by atoms with Crippen LogP contribution < -0.4 is 20.1 Å². The second-order valence-corrected chi connectivity index (χ2v) is 9.20. The summed E-state index contributed by atoms with van der Waals surface area (Å²) >= 11 is 0. The molecular weight excluding hydrogens is 507 g/mol. The number of ether oxygens (including phenoxy) is 3. The monoisotopic (exact) mass is 540 g/mol. The van der Waals surface area contributed by atoms with Crippen molar-refractivity contribution in [1.29, 1.82) is 0 Å². The Morgan fingerprint density at radius 2 is 1.64 bits per heavy atom. The zero-order chi connectivity index (χ0) is 28.5. The van der Waals surface area contributed by atoms with E-state index in [1.54, 1.807) is 36.4 Å². The highest BCUT2D eigenvalue weighted by molar-refractivity contribution is 5.95. The van der Waals surface area contributed by atoms with Crippen molar-refractivity contribution < 1.29 is 33.0 Å². The number of rotatable bonds is 12. The number of benzene rings is 2. The van der Waals surface area contributed by atoms with Gasteiger partial charge in [0.2, 0.25) is 5.91 Å². The van der Waals surface area contributed by atoms with Gasteiger partial charge in [0.25, 0.3) is 5.91 Å². The van der Waals surface area contributed by atoms with Crippen LogP contribution in [-0.2, 0) is 14.3 Å². The van der Waals surface area contributed by atoms with Crippen LogP contribution in [-0.4, -0.2) is 61.5 Å². The molecule has 0 spiro atoms. The highest BCUT2D eigenvalue weighted by Crippen LogP contribution is 2.39. The number of methoxy groups -OCH3 is 3. The van der Waals surface area contributed by atoms with Gasteiger partial charge >= 0.3 is 5.97 Å². The number of nitrogens with zero attached hydrogens (tertiary/aromatic N) is 2. The van der Waals surface area contributed by atoms with Crippen molar-refractivity contribution in [3.05, 3.63) is 60.0 Å². The molecule has 3 aromatic rings. The van der Waals surface area contributed by atoms with Gasteiger partial charge in [0.1, 0.15) is 23.9 Å². The molecule has 1 atom stereocenters. The van der Waals surface area contributed by atoms with Crippen LogP contribution in [0.4, 0.5) is 4.39 Å². The quantitative estimate of drug-likeness (QED) is 0.337. The standard InChI is InChI=1S/C28H33FN4O6/c1-17(2)13-19(14-25(34)30-16-26(35)39-5)31-28(36)21-15-22(27-23(37-3)7-6-8-24(27)38-4)33(32-21)20-11-9-18(29)10-12-20/h6-12,15,17,19H,13-14,16H2,1-5H3,(H,30,34)(H,31,36). The van der Waals surface area contributed by atoms with Crippen LogP contribution in [0.2, 0.25) is 0 Å². The Bertz CT molecular complexity index is 1280. The average molecular weight is 541 g/mol. The van der Waals surface area contributed by atoms with Gasteiger partial charge in [0.15, 0.2) is 5.69 Å². The van der Waals surface area contributed by atoms with Gasteiger partial charge in [-0.1, -0.05) is 19.9 Å². The Labute approximate surface area is 226 Å². The number of hydrogen-bond donors (Lipinski definition) is 2. The lowest BCUT2D eigenvalue weighted by Crippen LogP contribution is -2.41. The first-order chi connectivity index (χ1) is 18.7. The van der Waals surface area contributed by atoms with E-state index in [4.69, 9.17) is 9.47 Å². The zero-order valence-electron chi connectivity index (χ0n) is 22.6. The summed E-state index contributed by atoms with van der Waals surface area (Å²) in [6.45, 7) is 3.69. The minimum atomic E-state index is -0.571. The Morgan fingerprint density at radius 1 is 1.00 bits per heavy atom. The third-order valence-electron chi connectivity index (χ3n) is 5.88. The molecule has 0 aliphatic rings. The predicted molar refractivity (Wildman–Crippen MR) is 142 cm³/mol. The van der Waals surface area contributed by atoms with Crippen molar-refractivity contribution in [1.82, 2.24) is 20.4 Å². The van der Waals surface area contributed by atoms with E-state index in [9.17, 15) is 18.8 Å². The highest BCUT2D eigenvalue weighted by atomic mass is 19.1. The number of amides is 2. The molecule has 2 aromatic carbocycles. The van der Waals surface area contributed by atoms with E-state index in [2.05, 4.69) is 20.5 Å². The van der Waals surface area contributed by atoms with Crippen molar-refractivity contribution in [2.45, 2.75) is 32.7 Å². The average Bonchev–Trinajstić information content (AvgIpc) is 3.36. The van der Waals surface area contributed by atoms with E-state index in [0.717, 1.165) is 0 Å². The molecule has 0 saturated heterocycles. The first-order valence-corrected chi connectivity index (χ1v) is 12.4. The maximum absolute atomic E-state index is 13.7. The van der Waals surface area contributed by atoms with Crippen LogP contribution in [0.3, 0.4) is 0 Å². The third kappa shape index (κ3) is 7.56. The molecule has 2 N–H and O–H groups in total. The Morgan fingerprint density at radius 3 is 2.21 bits per heavy atom. The second-order valence-electron chi connectivity index (χ2n) is 9.20. The molecule has 10 nitrogen and oxygen atoms in total. The largest absolute Gasteiger partial charge is 0.496 e. The first kappa shape index (κ1) is 29.2. The first-order valence-electron chi connectivity index (χ1n) is 12.4. The summed E-state index contributed by atoms with van der Waals surface area (Å²) in [6.07, 6.45) is 0.482.